The summed E-state index contributed by atoms with van der Waals surface area (Å²) in [7, 11) is 0. The van der Waals surface area contributed by atoms with Crippen LogP contribution < -0.4 is 4.90 Å². The molecule has 1 saturated heterocycles. The Morgan fingerprint density at radius 1 is 1.16 bits per heavy atom. The highest BCUT2D eigenvalue weighted by Crippen LogP contribution is 2.43. The third-order valence-electron chi connectivity index (χ3n) is 6.02. The number of pyridine rings is 2. The van der Waals surface area contributed by atoms with Gasteiger partial charge in [0, 0.05) is 47.4 Å². The van der Waals surface area contributed by atoms with E-state index in [0.29, 0.717) is 17.0 Å². The first-order valence-corrected chi connectivity index (χ1v) is 11.1. The van der Waals surface area contributed by atoms with Gasteiger partial charge in [0.05, 0.1) is 11.3 Å². The maximum atomic E-state index is 13.7. The molecule has 3 rings (SSSR count). The molecule has 0 spiro atoms. The third-order valence-corrected chi connectivity index (χ3v) is 6.02. The van der Waals surface area contributed by atoms with Gasteiger partial charge in [0.1, 0.15) is 0 Å². The normalized spacial score (nSPS) is 17.3. The highest BCUT2D eigenvalue weighted by atomic mass is 19.1. The fraction of sp³-hybridized carbons (Fsp3) is 0.560. The molecular weight excluding hydrogens is 409 g/mol. The smallest absolute Gasteiger partial charge is 0.337 e. The van der Waals surface area contributed by atoms with Gasteiger partial charge in [0.25, 0.3) is 0 Å². The summed E-state index contributed by atoms with van der Waals surface area (Å²) < 4.78 is 19.8. The molecular formula is C25H34FN3O3. The van der Waals surface area contributed by atoms with Crippen LogP contribution in [0.2, 0.25) is 0 Å². The van der Waals surface area contributed by atoms with Crippen molar-refractivity contribution in [2.45, 2.75) is 73.0 Å². The molecule has 1 N–H and O–H groups in total. The van der Waals surface area contributed by atoms with Crippen LogP contribution in [0.15, 0.2) is 18.3 Å². The lowest BCUT2D eigenvalue weighted by atomic mass is 9.82. The molecule has 7 heteroatoms. The predicted octanol–water partition coefficient (Wildman–Crippen LogP) is 5.47. The fourth-order valence-corrected chi connectivity index (χ4v) is 4.20. The Morgan fingerprint density at radius 3 is 2.31 bits per heavy atom. The lowest BCUT2D eigenvalue weighted by Crippen LogP contribution is -2.39. The zero-order valence-corrected chi connectivity index (χ0v) is 20.1. The first-order chi connectivity index (χ1) is 14.8. The second-order valence-corrected chi connectivity index (χ2v) is 10.4. The molecule has 1 aliphatic heterocycles. The number of rotatable bonds is 5. The van der Waals surface area contributed by atoms with Crippen molar-refractivity contribution in [2.75, 3.05) is 18.0 Å². The van der Waals surface area contributed by atoms with Gasteiger partial charge in [-0.1, -0.05) is 13.8 Å². The van der Waals surface area contributed by atoms with E-state index in [1.807, 2.05) is 27.7 Å². The highest BCUT2D eigenvalue weighted by molar-refractivity contribution is 5.87. The highest BCUT2D eigenvalue weighted by Gasteiger charge is 2.36. The number of piperidine rings is 1. The number of halogens is 1. The van der Waals surface area contributed by atoms with Crippen LogP contribution in [-0.2, 0) is 9.53 Å². The van der Waals surface area contributed by atoms with E-state index in [1.54, 1.807) is 19.2 Å². The third kappa shape index (κ3) is 5.26. The molecule has 2 aromatic rings. The molecule has 0 aliphatic carbocycles. The van der Waals surface area contributed by atoms with E-state index >= 15 is 0 Å². The lowest BCUT2D eigenvalue weighted by molar-refractivity contribution is -0.160. The van der Waals surface area contributed by atoms with Gasteiger partial charge in [-0.3, -0.25) is 4.98 Å². The number of aliphatic carboxylic acids is 1. The SMILES string of the molecule is Cc1nc(F)ccc1-c1cnc(C)c(C(OC(C)(C)C)C(=O)O)c1N1CCC(C)(C)CC1. The van der Waals surface area contributed by atoms with Gasteiger partial charge in [0.2, 0.25) is 5.95 Å². The predicted molar refractivity (Wildman–Crippen MR) is 123 cm³/mol. The van der Waals surface area contributed by atoms with E-state index < -0.39 is 23.6 Å². The molecule has 0 bridgehead atoms. The zero-order valence-electron chi connectivity index (χ0n) is 20.1. The van der Waals surface area contributed by atoms with Gasteiger partial charge in [-0.2, -0.15) is 4.39 Å². The van der Waals surface area contributed by atoms with Crippen LogP contribution in [-0.4, -0.2) is 39.7 Å². The van der Waals surface area contributed by atoms with E-state index in [-0.39, 0.29) is 5.41 Å². The summed E-state index contributed by atoms with van der Waals surface area (Å²) in [4.78, 5) is 23.2. The number of hydrogen-bond acceptors (Lipinski definition) is 5. The van der Waals surface area contributed by atoms with Crippen LogP contribution in [0, 0.1) is 25.2 Å². The van der Waals surface area contributed by atoms with Crippen LogP contribution in [0.25, 0.3) is 11.1 Å². The first-order valence-electron chi connectivity index (χ1n) is 11.1. The van der Waals surface area contributed by atoms with Crippen molar-refractivity contribution in [2.24, 2.45) is 5.41 Å². The topological polar surface area (TPSA) is 75.5 Å². The molecule has 0 aromatic carbocycles. The molecule has 0 radical (unpaired) electrons. The van der Waals surface area contributed by atoms with Crippen molar-refractivity contribution in [3.63, 3.8) is 0 Å². The number of ether oxygens (including phenoxy) is 1. The quantitative estimate of drug-likeness (QED) is 0.618. The lowest BCUT2D eigenvalue weighted by Gasteiger charge is -2.41. The van der Waals surface area contributed by atoms with Crippen LogP contribution in [0.4, 0.5) is 10.1 Å². The second kappa shape index (κ2) is 8.77. The number of anilines is 1. The van der Waals surface area contributed by atoms with E-state index in [4.69, 9.17) is 4.74 Å². The van der Waals surface area contributed by atoms with Gasteiger partial charge in [-0.25, -0.2) is 9.78 Å². The molecule has 32 heavy (non-hydrogen) atoms. The van der Waals surface area contributed by atoms with E-state index in [0.717, 1.165) is 42.7 Å². The Hall–Kier alpha value is -2.54. The number of carboxylic acid groups (broad SMARTS) is 1. The average molecular weight is 444 g/mol. The van der Waals surface area contributed by atoms with Gasteiger partial charge in [-0.15, -0.1) is 0 Å². The van der Waals surface area contributed by atoms with Crippen LogP contribution in [0.5, 0.6) is 0 Å². The Bertz CT molecular complexity index is 1000. The molecule has 174 valence electrons. The summed E-state index contributed by atoms with van der Waals surface area (Å²) in [6.07, 6.45) is 2.52. The average Bonchev–Trinajstić information content (AvgIpc) is 2.66. The Kier molecular flexibility index (Phi) is 6.61. The van der Waals surface area contributed by atoms with E-state index in [2.05, 4.69) is 28.7 Å². The molecule has 1 atom stereocenters. The molecule has 6 nitrogen and oxygen atoms in total. The number of carbonyl (C=O) groups is 1. The maximum Gasteiger partial charge on any atom is 0.337 e. The number of nitrogens with zero attached hydrogens (tertiary/aromatic N) is 3. The summed E-state index contributed by atoms with van der Waals surface area (Å²) in [6, 6.07) is 3.01. The van der Waals surface area contributed by atoms with Gasteiger partial charge in [-0.05, 0) is 65.0 Å². The van der Waals surface area contributed by atoms with Crippen molar-refractivity contribution in [1.29, 1.82) is 0 Å². The van der Waals surface area contributed by atoms with Gasteiger partial charge >= 0.3 is 5.97 Å². The minimum absolute atomic E-state index is 0.223. The Labute approximate surface area is 189 Å². The summed E-state index contributed by atoms with van der Waals surface area (Å²) in [5.41, 5.74) is 3.52. The number of aryl methyl sites for hydroxylation is 2. The number of aromatic nitrogens is 2. The summed E-state index contributed by atoms with van der Waals surface area (Å²) >= 11 is 0. The minimum Gasteiger partial charge on any atom is -0.479 e. The molecule has 1 unspecified atom stereocenters. The molecule has 0 amide bonds. The largest absolute Gasteiger partial charge is 0.479 e. The second-order valence-electron chi connectivity index (χ2n) is 10.4. The molecule has 1 fully saturated rings. The van der Waals surface area contributed by atoms with Crippen molar-refractivity contribution in [1.82, 2.24) is 9.97 Å². The van der Waals surface area contributed by atoms with Crippen molar-refractivity contribution >= 4 is 11.7 Å². The van der Waals surface area contributed by atoms with Crippen molar-refractivity contribution in [3.05, 3.63) is 41.2 Å². The molecule has 3 heterocycles. The minimum atomic E-state index is -1.18. The van der Waals surface area contributed by atoms with E-state index in [1.165, 1.54) is 6.07 Å². The number of hydrogen-bond donors (Lipinski definition) is 1. The fourth-order valence-electron chi connectivity index (χ4n) is 4.20. The molecule has 1 aliphatic rings. The van der Waals surface area contributed by atoms with Crippen molar-refractivity contribution in [3.8, 4) is 11.1 Å². The summed E-state index contributed by atoms with van der Waals surface area (Å²) in [5, 5.41) is 10.1. The molecule has 0 saturated carbocycles. The van der Waals surface area contributed by atoms with Gasteiger partial charge < -0.3 is 14.7 Å². The standard InChI is InChI=1S/C25H34FN3O3/c1-15-17(8-9-19(26)28-15)18-14-27-16(2)20(22(23(30)31)32-24(3,4)5)21(18)29-12-10-25(6,7)11-13-29/h8-9,14,22H,10-13H2,1-7H3,(H,30,31). The number of carboxylic acids is 1. The Balaban J connectivity index is 2.27. The summed E-state index contributed by atoms with van der Waals surface area (Å²) in [6.45, 7) is 15.2. The van der Waals surface area contributed by atoms with Crippen LogP contribution in [0.3, 0.4) is 0 Å². The van der Waals surface area contributed by atoms with Gasteiger partial charge in [0.15, 0.2) is 6.10 Å². The maximum absolute atomic E-state index is 13.7. The first kappa shape index (κ1) is 24.1. The van der Waals surface area contributed by atoms with E-state index in [9.17, 15) is 14.3 Å². The Morgan fingerprint density at radius 2 is 1.78 bits per heavy atom. The van der Waals surface area contributed by atoms with Crippen LogP contribution in [0.1, 0.15) is 70.5 Å². The molecule has 2 aromatic heterocycles. The van der Waals surface area contributed by atoms with Crippen molar-refractivity contribution < 1.29 is 19.0 Å². The monoisotopic (exact) mass is 443 g/mol. The zero-order chi connectivity index (χ0) is 23.8. The summed E-state index contributed by atoms with van der Waals surface area (Å²) in [5.74, 6) is -1.61. The van der Waals surface area contributed by atoms with Crippen LogP contribution >= 0.6 is 0 Å².